The molecule has 2 saturated heterocycles. The number of nitrogens with zero attached hydrogens (tertiary/aromatic N) is 2. The number of piperidine rings is 2. The maximum Gasteiger partial charge on any atom is 0.236 e. The maximum absolute atomic E-state index is 12.2. The SMILES string of the molecule is O=C(CN1CCCCC1CCO)N1CCCCC1. The number of carbonyl (C=O) groups is 1. The summed E-state index contributed by atoms with van der Waals surface area (Å²) in [6.07, 6.45) is 7.95. The third-order valence-corrected chi connectivity index (χ3v) is 4.26. The molecule has 1 atom stereocenters. The molecule has 2 aliphatic heterocycles. The van der Waals surface area contributed by atoms with Crippen LogP contribution in [-0.2, 0) is 4.79 Å². The molecule has 0 spiro atoms. The van der Waals surface area contributed by atoms with E-state index < -0.39 is 0 Å². The predicted octanol–water partition coefficient (Wildman–Crippen LogP) is 1.24. The number of carbonyl (C=O) groups excluding carboxylic acids is 1. The van der Waals surface area contributed by atoms with E-state index in [1.165, 1.54) is 19.3 Å². The summed E-state index contributed by atoms with van der Waals surface area (Å²) in [6, 6.07) is 0.414. The zero-order chi connectivity index (χ0) is 12.8. The Labute approximate surface area is 110 Å². The van der Waals surface area contributed by atoms with Crippen molar-refractivity contribution < 1.29 is 9.90 Å². The first-order chi connectivity index (χ1) is 8.81. The minimum absolute atomic E-state index is 0.235. The molecule has 2 heterocycles. The van der Waals surface area contributed by atoms with Gasteiger partial charge in [0, 0.05) is 25.7 Å². The summed E-state index contributed by atoms with van der Waals surface area (Å²) in [5.41, 5.74) is 0. The summed E-state index contributed by atoms with van der Waals surface area (Å²) in [4.78, 5) is 16.5. The second-order valence-corrected chi connectivity index (χ2v) is 5.57. The highest BCUT2D eigenvalue weighted by molar-refractivity contribution is 5.78. The first-order valence-electron chi connectivity index (χ1n) is 7.44. The van der Waals surface area contributed by atoms with Gasteiger partial charge in [0.2, 0.25) is 5.91 Å². The van der Waals surface area contributed by atoms with Crippen molar-refractivity contribution in [1.29, 1.82) is 0 Å². The van der Waals surface area contributed by atoms with Crippen molar-refractivity contribution in [3.63, 3.8) is 0 Å². The van der Waals surface area contributed by atoms with E-state index in [2.05, 4.69) is 4.90 Å². The lowest BCUT2D eigenvalue weighted by molar-refractivity contribution is -0.134. The molecule has 4 heteroatoms. The van der Waals surface area contributed by atoms with E-state index in [-0.39, 0.29) is 6.61 Å². The molecule has 0 bridgehead atoms. The minimum Gasteiger partial charge on any atom is -0.396 e. The number of aliphatic hydroxyl groups is 1. The Bertz CT molecular complexity index is 263. The van der Waals surface area contributed by atoms with Gasteiger partial charge in [-0.05, 0) is 45.1 Å². The third-order valence-electron chi connectivity index (χ3n) is 4.26. The average Bonchev–Trinajstić information content (AvgIpc) is 2.42. The number of likely N-dealkylation sites (tertiary alicyclic amines) is 2. The fourth-order valence-electron chi connectivity index (χ4n) is 3.16. The molecule has 1 unspecified atom stereocenters. The Morgan fingerprint density at radius 2 is 1.78 bits per heavy atom. The van der Waals surface area contributed by atoms with Crippen molar-refractivity contribution in [2.75, 3.05) is 32.8 Å². The number of amides is 1. The fourth-order valence-corrected chi connectivity index (χ4v) is 3.16. The highest BCUT2D eigenvalue weighted by atomic mass is 16.3. The first kappa shape index (κ1) is 13.8. The minimum atomic E-state index is 0.235. The molecule has 104 valence electrons. The van der Waals surface area contributed by atoms with E-state index in [0.29, 0.717) is 18.5 Å². The van der Waals surface area contributed by atoms with Crippen molar-refractivity contribution in [2.45, 2.75) is 51.0 Å². The van der Waals surface area contributed by atoms with Crippen LogP contribution < -0.4 is 0 Å². The second kappa shape index (κ2) is 7.10. The fraction of sp³-hybridized carbons (Fsp3) is 0.929. The molecule has 0 aromatic carbocycles. The molecule has 0 radical (unpaired) electrons. The lowest BCUT2D eigenvalue weighted by Crippen LogP contribution is -2.48. The van der Waals surface area contributed by atoms with Gasteiger partial charge < -0.3 is 10.0 Å². The molecular formula is C14H26N2O2. The van der Waals surface area contributed by atoms with Crippen molar-refractivity contribution in [3.05, 3.63) is 0 Å². The summed E-state index contributed by atoms with van der Waals surface area (Å²) in [7, 11) is 0. The zero-order valence-electron chi connectivity index (χ0n) is 11.3. The summed E-state index contributed by atoms with van der Waals surface area (Å²) < 4.78 is 0. The Morgan fingerprint density at radius 1 is 1.06 bits per heavy atom. The average molecular weight is 254 g/mol. The number of aliphatic hydroxyl groups excluding tert-OH is 1. The van der Waals surface area contributed by atoms with Crippen LogP contribution in [-0.4, -0.2) is 59.6 Å². The molecule has 2 rings (SSSR count). The van der Waals surface area contributed by atoms with Crippen LogP contribution in [0.3, 0.4) is 0 Å². The molecule has 0 aliphatic carbocycles. The van der Waals surface area contributed by atoms with Crippen LogP contribution in [0, 0.1) is 0 Å². The number of hydrogen-bond donors (Lipinski definition) is 1. The van der Waals surface area contributed by atoms with Gasteiger partial charge in [0.15, 0.2) is 0 Å². The van der Waals surface area contributed by atoms with Crippen LogP contribution in [0.2, 0.25) is 0 Å². The van der Waals surface area contributed by atoms with Crippen LogP contribution in [0.25, 0.3) is 0 Å². The largest absolute Gasteiger partial charge is 0.396 e. The van der Waals surface area contributed by atoms with Crippen LogP contribution >= 0.6 is 0 Å². The molecule has 2 aliphatic rings. The molecule has 18 heavy (non-hydrogen) atoms. The standard InChI is InChI=1S/C14H26N2O2/c17-11-7-13-6-2-5-10-16(13)12-14(18)15-8-3-1-4-9-15/h13,17H,1-12H2. The van der Waals surface area contributed by atoms with E-state index in [1.807, 2.05) is 4.90 Å². The lowest BCUT2D eigenvalue weighted by atomic mass is 9.99. The van der Waals surface area contributed by atoms with Crippen molar-refractivity contribution in [2.24, 2.45) is 0 Å². The molecule has 0 aromatic heterocycles. The lowest BCUT2D eigenvalue weighted by Gasteiger charge is -2.37. The van der Waals surface area contributed by atoms with E-state index >= 15 is 0 Å². The zero-order valence-corrected chi connectivity index (χ0v) is 11.3. The summed E-state index contributed by atoms with van der Waals surface area (Å²) in [6.45, 7) is 3.70. The van der Waals surface area contributed by atoms with Gasteiger partial charge in [0.25, 0.3) is 0 Å². The van der Waals surface area contributed by atoms with Crippen LogP contribution in [0.1, 0.15) is 44.9 Å². The summed E-state index contributed by atoms with van der Waals surface area (Å²) in [5.74, 6) is 0.291. The van der Waals surface area contributed by atoms with Gasteiger partial charge in [-0.3, -0.25) is 9.69 Å². The van der Waals surface area contributed by atoms with Gasteiger partial charge in [-0.25, -0.2) is 0 Å². The third kappa shape index (κ3) is 3.69. The van der Waals surface area contributed by atoms with Crippen molar-refractivity contribution in [1.82, 2.24) is 9.80 Å². The smallest absolute Gasteiger partial charge is 0.236 e. The molecule has 4 nitrogen and oxygen atoms in total. The number of hydrogen-bond acceptors (Lipinski definition) is 3. The Morgan fingerprint density at radius 3 is 2.50 bits per heavy atom. The van der Waals surface area contributed by atoms with Crippen LogP contribution in [0.15, 0.2) is 0 Å². The highest BCUT2D eigenvalue weighted by Gasteiger charge is 2.26. The summed E-state index contributed by atoms with van der Waals surface area (Å²) >= 11 is 0. The Hall–Kier alpha value is -0.610. The molecule has 1 N–H and O–H groups in total. The topological polar surface area (TPSA) is 43.8 Å². The van der Waals surface area contributed by atoms with Gasteiger partial charge in [-0.2, -0.15) is 0 Å². The number of rotatable bonds is 4. The highest BCUT2D eigenvalue weighted by Crippen LogP contribution is 2.20. The Kier molecular flexibility index (Phi) is 5.45. The van der Waals surface area contributed by atoms with Gasteiger partial charge in [0.05, 0.1) is 6.54 Å². The van der Waals surface area contributed by atoms with Gasteiger partial charge >= 0.3 is 0 Å². The van der Waals surface area contributed by atoms with Crippen LogP contribution in [0.5, 0.6) is 0 Å². The quantitative estimate of drug-likeness (QED) is 0.821. The molecule has 2 fully saturated rings. The van der Waals surface area contributed by atoms with Crippen LogP contribution in [0.4, 0.5) is 0 Å². The molecule has 0 aromatic rings. The van der Waals surface area contributed by atoms with E-state index in [4.69, 9.17) is 5.11 Å². The molecule has 0 saturated carbocycles. The van der Waals surface area contributed by atoms with Gasteiger partial charge in [-0.15, -0.1) is 0 Å². The van der Waals surface area contributed by atoms with E-state index in [0.717, 1.165) is 45.3 Å². The van der Waals surface area contributed by atoms with Gasteiger partial charge in [0.1, 0.15) is 0 Å². The normalized spacial score (nSPS) is 26.3. The van der Waals surface area contributed by atoms with Crippen molar-refractivity contribution in [3.8, 4) is 0 Å². The predicted molar refractivity (Wildman–Crippen MR) is 71.3 cm³/mol. The molecule has 1 amide bonds. The van der Waals surface area contributed by atoms with E-state index in [1.54, 1.807) is 0 Å². The monoisotopic (exact) mass is 254 g/mol. The van der Waals surface area contributed by atoms with Gasteiger partial charge in [-0.1, -0.05) is 6.42 Å². The molecular weight excluding hydrogens is 228 g/mol. The van der Waals surface area contributed by atoms with E-state index in [9.17, 15) is 4.79 Å². The van der Waals surface area contributed by atoms with Crippen molar-refractivity contribution >= 4 is 5.91 Å². The Balaban J connectivity index is 1.83. The summed E-state index contributed by atoms with van der Waals surface area (Å²) in [5, 5.41) is 9.10. The maximum atomic E-state index is 12.2. The first-order valence-corrected chi connectivity index (χ1v) is 7.44. The second-order valence-electron chi connectivity index (χ2n) is 5.57.